The molecule has 0 spiro atoms. The van der Waals surface area contributed by atoms with Gasteiger partial charge in [0, 0.05) is 5.75 Å². The van der Waals surface area contributed by atoms with Crippen LogP contribution in [0.3, 0.4) is 0 Å². The number of amidine groups is 1. The number of hydrogen-bond acceptors (Lipinski definition) is 4. The number of hydrogen-bond donors (Lipinski definition) is 1. The van der Waals surface area contributed by atoms with Crippen LogP contribution in [0.5, 0.6) is 0 Å². The molecule has 1 aliphatic carbocycles. The van der Waals surface area contributed by atoms with E-state index in [1.807, 2.05) is 0 Å². The summed E-state index contributed by atoms with van der Waals surface area (Å²) < 4.78 is 37.4. The SMILES string of the molecule is FC(F)(F)c1ccc(NC2=NC3CCCCC3CS2)cn1. The zero-order chi connectivity index (χ0) is 14.9. The lowest BCUT2D eigenvalue weighted by Gasteiger charge is -2.32. The summed E-state index contributed by atoms with van der Waals surface area (Å²) in [5, 5.41) is 3.87. The second kappa shape index (κ2) is 5.87. The van der Waals surface area contributed by atoms with Gasteiger partial charge in [0.15, 0.2) is 5.17 Å². The third kappa shape index (κ3) is 3.51. The van der Waals surface area contributed by atoms with Crippen molar-refractivity contribution in [3.63, 3.8) is 0 Å². The number of nitrogens with one attached hydrogen (secondary N) is 1. The van der Waals surface area contributed by atoms with E-state index in [0.29, 0.717) is 17.6 Å². The van der Waals surface area contributed by atoms with E-state index in [1.165, 1.54) is 31.5 Å². The Morgan fingerprint density at radius 3 is 2.71 bits per heavy atom. The Bertz CT molecular complexity index is 527. The normalized spacial score (nSPS) is 26.0. The molecule has 1 N–H and O–H groups in total. The molecule has 0 radical (unpaired) electrons. The molecule has 1 aliphatic heterocycles. The van der Waals surface area contributed by atoms with E-state index in [4.69, 9.17) is 0 Å². The van der Waals surface area contributed by atoms with Crippen LogP contribution in [0, 0.1) is 5.92 Å². The first-order valence-corrected chi connectivity index (χ1v) is 8.02. The molecule has 2 atom stereocenters. The maximum atomic E-state index is 12.5. The van der Waals surface area contributed by atoms with Crippen molar-refractivity contribution >= 4 is 22.6 Å². The summed E-state index contributed by atoms with van der Waals surface area (Å²) in [5.41, 5.74) is -0.331. The van der Waals surface area contributed by atoms with Crippen LogP contribution in [0.15, 0.2) is 23.3 Å². The molecule has 21 heavy (non-hydrogen) atoms. The van der Waals surface area contributed by atoms with Crippen molar-refractivity contribution in [1.82, 2.24) is 4.98 Å². The quantitative estimate of drug-likeness (QED) is 0.845. The van der Waals surface area contributed by atoms with Gasteiger partial charge >= 0.3 is 6.18 Å². The first-order chi connectivity index (χ1) is 10.0. The second-order valence-corrected chi connectivity index (χ2v) is 6.42. The standard InChI is InChI=1S/C14H16F3N3S/c15-14(16,17)12-6-5-10(7-18-12)19-13-20-11-4-2-1-3-9(11)8-21-13/h5-7,9,11H,1-4,8H2,(H,19,20). The van der Waals surface area contributed by atoms with E-state index >= 15 is 0 Å². The Labute approximate surface area is 125 Å². The fourth-order valence-corrected chi connectivity index (χ4v) is 3.91. The summed E-state index contributed by atoms with van der Waals surface area (Å²) in [4.78, 5) is 8.13. The van der Waals surface area contributed by atoms with Gasteiger partial charge in [0.2, 0.25) is 0 Å². The van der Waals surface area contributed by atoms with E-state index in [2.05, 4.69) is 15.3 Å². The zero-order valence-corrected chi connectivity index (χ0v) is 12.2. The number of pyridine rings is 1. The summed E-state index contributed by atoms with van der Waals surface area (Å²) >= 11 is 1.64. The average molecular weight is 315 g/mol. The Kier molecular flexibility index (Phi) is 4.10. The predicted molar refractivity (Wildman–Crippen MR) is 78.5 cm³/mol. The van der Waals surface area contributed by atoms with Gasteiger partial charge < -0.3 is 5.32 Å². The molecule has 2 heterocycles. The van der Waals surface area contributed by atoms with Crippen LogP contribution in [0.2, 0.25) is 0 Å². The number of fused-ring (bicyclic) bond motifs is 1. The Morgan fingerprint density at radius 2 is 2.00 bits per heavy atom. The number of anilines is 1. The molecule has 0 aromatic carbocycles. The minimum absolute atomic E-state index is 0.366. The lowest BCUT2D eigenvalue weighted by molar-refractivity contribution is -0.141. The van der Waals surface area contributed by atoms with Crippen LogP contribution in [0.4, 0.5) is 18.9 Å². The van der Waals surface area contributed by atoms with E-state index in [9.17, 15) is 13.2 Å². The minimum atomic E-state index is -4.40. The van der Waals surface area contributed by atoms with E-state index < -0.39 is 11.9 Å². The van der Waals surface area contributed by atoms with Crippen molar-refractivity contribution in [1.29, 1.82) is 0 Å². The van der Waals surface area contributed by atoms with Crippen molar-refractivity contribution in [2.75, 3.05) is 11.1 Å². The zero-order valence-electron chi connectivity index (χ0n) is 11.4. The van der Waals surface area contributed by atoms with E-state index in [0.717, 1.165) is 23.4 Å². The molecule has 2 aliphatic rings. The Balaban J connectivity index is 1.68. The first kappa shape index (κ1) is 14.7. The van der Waals surface area contributed by atoms with Crippen LogP contribution in [-0.4, -0.2) is 21.9 Å². The van der Waals surface area contributed by atoms with Crippen molar-refractivity contribution in [3.05, 3.63) is 24.0 Å². The molecule has 1 saturated carbocycles. The van der Waals surface area contributed by atoms with Gasteiger partial charge in [-0.2, -0.15) is 13.2 Å². The minimum Gasteiger partial charge on any atom is -0.334 e. The highest BCUT2D eigenvalue weighted by Gasteiger charge is 2.32. The molecule has 0 amide bonds. The van der Waals surface area contributed by atoms with Crippen LogP contribution in [0.1, 0.15) is 31.4 Å². The highest BCUT2D eigenvalue weighted by atomic mass is 32.2. The molecule has 3 nitrogen and oxygen atoms in total. The molecule has 1 aromatic rings. The Morgan fingerprint density at radius 1 is 1.19 bits per heavy atom. The van der Waals surface area contributed by atoms with Gasteiger partial charge in [0.1, 0.15) is 5.69 Å². The molecule has 1 fully saturated rings. The molecular weight excluding hydrogens is 299 g/mol. The summed E-state index contributed by atoms with van der Waals surface area (Å²) in [6, 6.07) is 2.75. The average Bonchev–Trinajstić information content (AvgIpc) is 2.47. The fourth-order valence-electron chi connectivity index (χ4n) is 2.75. The highest BCUT2D eigenvalue weighted by molar-refractivity contribution is 8.14. The maximum Gasteiger partial charge on any atom is 0.433 e. The molecule has 1 aromatic heterocycles. The first-order valence-electron chi connectivity index (χ1n) is 7.03. The van der Waals surface area contributed by atoms with Gasteiger partial charge in [0.05, 0.1) is 17.9 Å². The summed E-state index contributed by atoms with van der Waals surface area (Å²) in [6.45, 7) is 0. The number of thioether (sulfide) groups is 1. The molecular formula is C14H16F3N3S. The predicted octanol–water partition coefficient (Wildman–Crippen LogP) is 4.17. The number of aliphatic imine (C=N–C) groups is 1. The van der Waals surface area contributed by atoms with Crippen molar-refractivity contribution in [3.8, 4) is 0 Å². The topological polar surface area (TPSA) is 37.3 Å². The van der Waals surface area contributed by atoms with Crippen LogP contribution < -0.4 is 5.32 Å². The lowest BCUT2D eigenvalue weighted by Crippen LogP contribution is -2.31. The van der Waals surface area contributed by atoms with Gasteiger partial charge in [-0.3, -0.25) is 4.99 Å². The van der Waals surface area contributed by atoms with Gasteiger partial charge in [-0.15, -0.1) is 0 Å². The lowest BCUT2D eigenvalue weighted by atomic mass is 9.86. The second-order valence-electron chi connectivity index (χ2n) is 5.41. The smallest absolute Gasteiger partial charge is 0.334 e. The molecule has 3 rings (SSSR count). The summed E-state index contributed by atoms with van der Waals surface area (Å²) in [5.74, 6) is 1.69. The fraction of sp³-hybridized carbons (Fsp3) is 0.571. The highest BCUT2D eigenvalue weighted by Crippen LogP contribution is 2.34. The third-order valence-corrected chi connectivity index (χ3v) is 4.97. The van der Waals surface area contributed by atoms with Gasteiger partial charge in [0.25, 0.3) is 0 Å². The number of aromatic nitrogens is 1. The van der Waals surface area contributed by atoms with Gasteiger partial charge in [-0.1, -0.05) is 24.6 Å². The molecule has 7 heteroatoms. The molecule has 0 bridgehead atoms. The Hall–Kier alpha value is -1.24. The van der Waals surface area contributed by atoms with Crippen molar-refractivity contribution < 1.29 is 13.2 Å². The molecule has 0 saturated heterocycles. The van der Waals surface area contributed by atoms with Crippen LogP contribution in [0.25, 0.3) is 0 Å². The summed E-state index contributed by atoms with van der Waals surface area (Å²) in [6.07, 6.45) is 1.65. The third-order valence-electron chi connectivity index (χ3n) is 3.89. The number of alkyl halides is 3. The summed E-state index contributed by atoms with van der Waals surface area (Å²) in [7, 11) is 0. The molecule has 2 unspecified atom stereocenters. The number of rotatable bonds is 1. The van der Waals surface area contributed by atoms with Crippen LogP contribution >= 0.6 is 11.8 Å². The van der Waals surface area contributed by atoms with E-state index in [1.54, 1.807) is 11.8 Å². The maximum absolute atomic E-state index is 12.5. The monoisotopic (exact) mass is 315 g/mol. The van der Waals surface area contributed by atoms with Gasteiger partial charge in [-0.05, 0) is 30.9 Å². The van der Waals surface area contributed by atoms with Crippen LogP contribution in [-0.2, 0) is 6.18 Å². The van der Waals surface area contributed by atoms with Crippen molar-refractivity contribution in [2.24, 2.45) is 10.9 Å². The van der Waals surface area contributed by atoms with E-state index in [-0.39, 0.29) is 0 Å². The molecule has 114 valence electrons. The number of nitrogens with zero attached hydrogens (tertiary/aromatic N) is 2. The largest absolute Gasteiger partial charge is 0.433 e. The van der Waals surface area contributed by atoms with Gasteiger partial charge in [-0.25, -0.2) is 4.98 Å². The van der Waals surface area contributed by atoms with Crippen molar-refractivity contribution in [2.45, 2.75) is 37.9 Å². The number of halogens is 3.